The molecule has 0 atom stereocenters. The number of nitrogens with zero attached hydrogens (tertiary/aromatic N) is 1. The molecular weight excluding hydrogens is 388 g/mol. The van der Waals surface area contributed by atoms with Crippen LogP contribution in [0, 0.1) is 0 Å². The zero-order chi connectivity index (χ0) is 20.6. The van der Waals surface area contributed by atoms with Crippen molar-refractivity contribution in [3.63, 3.8) is 0 Å². The molecule has 2 amide bonds. The summed E-state index contributed by atoms with van der Waals surface area (Å²) in [6.45, 7) is 0.716. The molecule has 0 aliphatic rings. The molecule has 7 heteroatoms. The Morgan fingerprint density at radius 1 is 1.03 bits per heavy atom. The van der Waals surface area contributed by atoms with Crippen LogP contribution in [0.1, 0.15) is 20.8 Å². The third kappa shape index (κ3) is 5.58. The number of nitrogens with two attached hydrogens (primary N) is 1. The average Bonchev–Trinajstić information content (AvgIpc) is 3.25. The molecule has 0 fully saturated rings. The Kier molecular flexibility index (Phi) is 6.86. The number of amides is 2. The number of carbonyl (C=O) groups excluding carboxylic acids is 2. The summed E-state index contributed by atoms with van der Waals surface area (Å²) in [6, 6.07) is 18.0. The van der Waals surface area contributed by atoms with Crippen molar-refractivity contribution in [2.75, 3.05) is 13.7 Å². The van der Waals surface area contributed by atoms with Crippen LogP contribution in [0.2, 0.25) is 0 Å². The molecule has 0 spiro atoms. The van der Waals surface area contributed by atoms with E-state index in [1.54, 1.807) is 41.5 Å². The van der Waals surface area contributed by atoms with Crippen LogP contribution < -0.4 is 15.2 Å². The summed E-state index contributed by atoms with van der Waals surface area (Å²) in [6.07, 6.45) is 0. The number of methoxy groups -OCH3 is 1. The number of hydrogen-bond acceptors (Lipinski definition) is 5. The van der Waals surface area contributed by atoms with E-state index in [-0.39, 0.29) is 12.5 Å². The van der Waals surface area contributed by atoms with Crippen LogP contribution in [0.5, 0.6) is 11.5 Å². The molecule has 0 bridgehead atoms. The molecule has 0 saturated heterocycles. The Labute approximate surface area is 173 Å². The summed E-state index contributed by atoms with van der Waals surface area (Å²) in [5.74, 6) is 0.431. The number of rotatable bonds is 9. The fraction of sp³-hybridized carbons (Fsp3) is 0.182. The van der Waals surface area contributed by atoms with Gasteiger partial charge < -0.3 is 20.1 Å². The second kappa shape index (κ2) is 9.75. The number of thiophene rings is 1. The summed E-state index contributed by atoms with van der Waals surface area (Å²) < 4.78 is 11.0. The fourth-order valence-corrected chi connectivity index (χ4v) is 3.56. The first kappa shape index (κ1) is 20.4. The predicted molar refractivity (Wildman–Crippen MR) is 112 cm³/mol. The maximum absolute atomic E-state index is 12.9. The van der Waals surface area contributed by atoms with Crippen molar-refractivity contribution >= 4 is 23.2 Å². The Balaban J connectivity index is 1.73. The normalized spacial score (nSPS) is 10.4. The second-order valence-electron chi connectivity index (χ2n) is 6.32. The van der Waals surface area contributed by atoms with E-state index in [9.17, 15) is 9.59 Å². The largest absolute Gasteiger partial charge is 0.496 e. The van der Waals surface area contributed by atoms with Gasteiger partial charge in [0.2, 0.25) is 5.91 Å². The molecule has 3 aromatic rings. The molecular formula is C22H22N2O4S. The molecule has 0 radical (unpaired) electrons. The van der Waals surface area contributed by atoms with Crippen molar-refractivity contribution in [2.24, 2.45) is 5.73 Å². The van der Waals surface area contributed by atoms with E-state index >= 15 is 0 Å². The van der Waals surface area contributed by atoms with Crippen LogP contribution in [0.4, 0.5) is 0 Å². The zero-order valence-corrected chi connectivity index (χ0v) is 16.9. The van der Waals surface area contributed by atoms with E-state index < -0.39 is 5.91 Å². The highest BCUT2D eigenvalue weighted by Gasteiger charge is 2.18. The molecule has 1 heterocycles. The molecule has 2 aromatic carbocycles. The molecule has 6 nitrogen and oxygen atoms in total. The molecule has 0 aliphatic heterocycles. The van der Waals surface area contributed by atoms with E-state index in [4.69, 9.17) is 15.2 Å². The first-order valence-corrected chi connectivity index (χ1v) is 9.89. The Morgan fingerprint density at radius 2 is 1.86 bits per heavy atom. The van der Waals surface area contributed by atoms with Gasteiger partial charge in [0.25, 0.3) is 5.91 Å². The Morgan fingerprint density at radius 3 is 2.59 bits per heavy atom. The van der Waals surface area contributed by atoms with Crippen molar-refractivity contribution in [3.05, 3.63) is 82.0 Å². The van der Waals surface area contributed by atoms with Gasteiger partial charge in [-0.15, -0.1) is 11.3 Å². The minimum Gasteiger partial charge on any atom is -0.496 e. The van der Waals surface area contributed by atoms with E-state index in [2.05, 4.69) is 0 Å². The predicted octanol–water partition coefficient (Wildman–Crippen LogP) is 3.46. The molecule has 150 valence electrons. The van der Waals surface area contributed by atoms with Crippen LogP contribution in [-0.2, 0) is 17.9 Å². The highest BCUT2D eigenvalue weighted by molar-refractivity contribution is 7.09. The lowest BCUT2D eigenvalue weighted by molar-refractivity contribution is -0.134. The third-order valence-corrected chi connectivity index (χ3v) is 5.18. The molecule has 29 heavy (non-hydrogen) atoms. The van der Waals surface area contributed by atoms with Gasteiger partial charge in [0.15, 0.2) is 6.61 Å². The molecule has 1 aromatic heterocycles. The number of ether oxygens (including phenoxy) is 2. The van der Waals surface area contributed by atoms with Gasteiger partial charge in [-0.25, -0.2) is 0 Å². The molecule has 0 saturated carbocycles. The standard InChI is InChI=1S/C22H22N2O4S/c1-27-20-10-3-2-6-17(20)13-24(14-19-9-5-11-29-19)21(25)15-28-18-8-4-7-16(12-18)22(23)26/h2-12H,13-15H2,1H3,(H2,23,26). The van der Waals surface area contributed by atoms with Gasteiger partial charge in [-0.3, -0.25) is 9.59 Å². The van der Waals surface area contributed by atoms with Gasteiger partial charge in [-0.05, 0) is 35.7 Å². The van der Waals surface area contributed by atoms with Crippen molar-refractivity contribution in [3.8, 4) is 11.5 Å². The lowest BCUT2D eigenvalue weighted by Crippen LogP contribution is -2.34. The summed E-state index contributed by atoms with van der Waals surface area (Å²) >= 11 is 1.59. The van der Waals surface area contributed by atoms with Gasteiger partial charge in [-0.2, -0.15) is 0 Å². The molecule has 0 unspecified atom stereocenters. The Bertz CT molecular complexity index is 972. The summed E-state index contributed by atoms with van der Waals surface area (Å²) in [4.78, 5) is 27.1. The number of carbonyl (C=O) groups is 2. The van der Waals surface area contributed by atoms with Gasteiger partial charge >= 0.3 is 0 Å². The van der Waals surface area contributed by atoms with Gasteiger partial charge in [0.05, 0.1) is 13.7 Å². The lowest BCUT2D eigenvalue weighted by Gasteiger charge is -2.23. The zero-order valence-electron chi connectivity index (χ0n) is 16.0. The van der Waals surface area contributed by atoms with Crippen LogP contribution in [-0.4, -0.2) is 30.4 Å². The molecule has 0 aliphatic carbocycles. The van der Waals surface area contributed by atoms with E-state index in [1.165, 1.54) is 6.07 Å². The van der Waals surface area contributed by atoms with Crippen LogP contribution in [0.3, 0.4) is 0 Å². The average molecular weight is 410 g/mol. The van der Waals surface area contributed by atoms with Crippen molar-refractivity contribution in [1.29, 1.82) is 0 Å². The van der Waals surface area contributed by atoms with E-state index in [0.717, 1.165) is 16.2 Å². The second-order valence-corrected chi connectivity index (χ2v) is 7.35. The topological polar surface area (TPSA) is 81.9 Å². The van der Waals surface area contributed by atoms with Crippen LogP contribution in [0.25, 0.3) is 0 Å². The lowest BCUT2D eigenvalue weighted by atomic mass is 10.2. The van der Waals surface area contributed by atoms with Gasteiger partial charge in [0, 0.05) is 22.5 Å². The number of primary amides is 1. The highest BCUT2D eigenvalue weighted by atomic mass is 32.1. The summed E-state index contributed by atoms with van der Waals surface area (Å²) in [5.41, 5.74) is 6.54. The van der Waals surface area contributed by atoms with Gasteiger partial charge in [-0.1, -0.05) is 30.3 Å². The van der Waals surface area contributed by atoms with Crippen LogP contribution >= 0.6 is 11.3 Å². The maximum Gasteiger partial charge on any atom is 0.261 e. The molecule has 3 rings (SSSR count). The first-order valence-electron chi connectivity index (χ1n) is 9.01. The monoisotopic (exact) mass is 410 g/mol. The maximum atomic E-state index is 12.9. The van der Waals surface area contributed by atoms with E-state index in [0.29, 0.717) is 24.4 Å². The summed E-state index contributed by atoms with van der Waals surface area (Å²) in [7, 11) is 1.61. The Hall–Kier alpha value is -3.32. The number of hydrogen-bond donors (Lipinski definition) is 1. The number of para-hydroxylation sites is 1. The van der Waals surface area contributed by atoms with E-state index in [1.807, 2.05) is 41.8 Å². The fourth-order valence-electron chi connectivity index (χ4n) is 2.84. The van der Waals surface area contributed by atoms with Crippen molar-refractivity contribution in [1.82, 2.24) is 4.90 Å². The van der Waals surface area contributed by atoms with Crippen molar-refractivity contribution < 1.29 is 19.1 Å². The third-order valence-electron chi connectivity index (χ3n) is 4.31. The number of benzene rings is 2. The minimum absolute atomic E-state index is 0.150. The smallest absolute Gasteiger partial charge is 0.261 e. The summed E-state index contributed by atoms with van der Waals surface area (Å²) in [5, 5.41) is 1.98. The van der Waals surface area contributed by atoms with Gasteiger partial charge in [0.1, 0.15) is 11.5 Å². The first-order chi connectivity index (χ1) is 14.1. The minimum atomic E-state index is -0.544. The quantitative estimate of drug-likeness (QED) is 0.586. The van der Waals surface area contributed by atoms with Crippen LogP contribution in [0.15, 0.2) is 66.0 Å². The molecule has 2 N–H and O–H groups in total. The highest BCUT2D eigenvalue weighted by Crippen LogP contribution is 2.22. The van der Waals surface area contributed by atoms with Crippen molar-refractivity contribution in [2.45, 2.75) is 13.1 Å². The SMILES string of the molecule is COc1ccccc1CN(Cc1cccs1)C(=O)COc1cccc(C(N)=O)c1.